The number of carboxylic acids is 1. The summed E-state index contributed by atoms with van der Waals surface area (Å²) in [6, 6.07) is 23.0. The van der Waals surface area contributed by atoms with Gasteiger partial charge in [0, 0.05) is 0 Å². The standard InChI is InChI=1S/C25H25NO5/c27-22-12-11-20(21(14-22)13-18-7-3-1-4-8-18)15-23(25(29)30)26-16-24(28)31-17-19-9-5-2-6-10-19/h1-12,14,23,26-27H,13,15-17H2,(H,29,30)/t23-/m0/s1. The second-order valence-corrected chi connectivity index (χ2v) is 7.24. The van der Waals surface area contributed by atoms with E-state index in [2.05, 4.69) is 5.32 Å². The Morgan fingerprint density at radius 1 is 0.871 bits per heavy atom. The van der Waals surface area contributed by atoms with Crippen LogP contribution in [0.15, 0.2) is 78.9 Å². The second kappa shape index (κ2) is 10.9. The molecule has 3 rings (SSSR count). The molecule has 6 heteroatoms. The first-order valence-electron chi connectivity index (χ1n) is 10.0. The van der Waals surface area contributed by atoms with Crippen molar-refractivity contribution < 1.29 is 24.5 Å². The van der Waals surface area contributed by atoms with Crippen molar-refractivity contribution in [2.75, 3.05) is 6.54 Å². The van der Waals surface area contributed by atoms with Gasteiger partial charge in [-0.05, 0) is 47.2 Å². The van der Waals surface area contributed by atoms with Gasteiger partial charge in [0.15, 0.2) is 0 Å². The Hall–Kier alpha value is -3.64. The number of rotatable bonds is 10. The van der Waals surface area contributed by atoms with Gasteiger partial charge in [0.1, 0.15) is 18.4 Å². The Bertz CT molecular complexity index is 1000. The van der Waals surface area contributed by atoms with Crippen molar-refractivity contribution in [2.24, 2.45) is 0 Å². The maximum absolute atomic E-state index is 12.0. The van der Waals surface area contributed by atoms with Crippen molar-refractivity contribution >= 4 is 11.9 Å². The van der Waals surface area contributed by atoms with E-state index in [1.54, 1.807) is 12.1 Å². The van der Waals surface area contributed by atoms with Gasteiger partial charge in [0.05, 0.1) is 6.54 Å². The summed E-state index contributed by atoms with van der Waals surface area (Å²) in [6.45, 7) is -0.0752. The molecule has 3 aromatic carbocycles. The first-order chi connectivity index (χ1) is 15.0. The molecule has 0 saturated carbocycles. The van der Waals surface area contributed by atoms with E-state index in [1.807, 2.05) is 60.7 Å². The number of nitrogens with one attached hydrogen (secondary N) is 1. The summed E-state index contributed by atoms with van der Waals surface area (Å²) < 4.78 is 5.20. The predicted molar refractivity (Wildman–Crippen MR) is 117 cm³/mol. The Morgan fingerprint density at radius 3 is 2.16 bits per heavy atom. The molecular weight excluding hydrogens is 394 g/mol. The largest absolute Gasteiger partial charge is 0.508 e. The maximum atomic E-state index is 12.0. The molecule has 0 aromatic heterocycles. The minimum absolute atomic E-state index is 0.124. The number of carbonyl (C=O) groups is 2. The summed E-state index contributed by atoms with van der Waals surface area (Å²) in [7, 11) is 0. The van der Waals surface area contributed by atoms with E-state index in [1.165, 1.54) is 6.07 Å². The summed E-state index contributed by atoms with van der Waals surface area (Å²) in [4.78, 5) is 23.8. The van der Waals surface area contributed by atoms with E-state index >= 15 is 0 Å². The third kappa shape index (κ3) is 6.97. The number of hydrogen-bond donors (Lipinski definition) is 3. The molecule has 3 aromatic rings. The highest BCUT2D eigenvalue weighted by Gasteiger charge is 2.21. The molecule has 6 nitrogen and oxygen atoms in total. The van der Waals surface area contributed by atoms with Crippen molar-refractivity contribution in [1.29, 1.82) is 0 Å². The van der Waals surface area contributed by atoms with Crippen LogP contribution in [0.4, 0.5) is 0 Å². The third-order valence-corrected chi connectivity index (χ3v) is 4.88. The Balaban J connectivity index is 1.62. The number of benzene rings is 3. The van der Waals surface area contributed by atoms with Gasteiger partial charge in [-0.1, -0.05) is 66.7 Å². The fourth-order valence-corrected chi connectivity index (χ4v) is 3.25. The van der Waals surface area contributed by atoms with Crippen LogP contribution in [-0.4, -0.2) is 34.7 Å². The first kappa shape index (κ1) is 22.1. The molecule has 0 aliphatic rings. The van der Waals surface area contributed by atoms with Gasteiger partial charge in [-0.25, -0.2) is 0 Å². The molecule has 31 heavy (non-hydrogen) atoms. The summed E-state index contributed by atoms with van der Waals surface area (Å²) in [6.07, 6.45) is 0.736. The van der Waals surface area contributed by atoms with Crippen LogP contribution < -0.4 is 5.32 Å². The van der Waals surface area contributed by atoms with Crippen LogP contribution >= 0.6 is 0 Å². The smallest absolute Gasteiger partial charge is 0.321 e. The zero-order valence-corrected chi connectivity index (χ0v) is 17.0. The SMILES string of the molecule is O=C(CN[C@@H](Cc1ccc(O)cc1Cc1ccccc1)C(=O)O)OCc1ccccc1. The normalized spacial score (nSPS) is 11.6. The van der Waals surface area contributed by atoms with Crippen LogP contribution in [0, 0.1) is 0 Å². The number of phenols is 1. The highest BCUT2D eigenvalue weighted by atomic mass is 16.5. The number of carboxylic acid groups (broad SMARTS) is 1. The van der Waals surface area contributed by atoms with E-state index in [-0.39, 0.29) is 25.3 Å². The van der Waals surface area contributed by atoms with Crippen molar-refractivity contribution in [1.82, 2.24) is 5.32 Å². The van der Waals surface area contributed by atoms with E-state index in [0.717, 1.165) is 22.3 Å². The highest BCUT2D eigenvalue weighted by molar-refractivity contribution is 5.76. The number of hydrogen-bond acceptors (Lipinski definition) is 5. The maximum Gasteiger partial charge on any atom is 0.321 e. The summed E-state index contributed by atoms with van der Waals surface area (Å²) in [5.41, 5.74) is 3.55. The molecule has 0 radical (unpaired) electrons. The lowest BCUT2D eigenvalue weighted by atomic mass is 9.95. The zero-order chi connectivity index (χ0) is 22.1. The number of esters is 1. The summed E-state index contributed by atoms with van der Waals surface area (Å²) in [5, 5.41) is 22.3. The molecule has 0 unspecified atom stereocenters. The highest BCUT2D eigenvalue weighted by Crippen LogP contribution is 2.21. The number of aromatic hydroxyl groups is 1. The van der Waals surface area contributed by atoms with Gasteiger partial charge in [-0.2, -0.15) is 0 Å². The molecule has 1 atom stereocenters. The molecule has 0 fully saturated rings. The van der Waals surface area contributed by atoms with Gasteiger partial charge < -0.3 is 14.9 Å². The third-order valence-electron chi connectivity index (χ3n) is 4.88. The fraction of sp³-hybridized carbons (Fsp3) is 0.200. The van der Waals surface area contributed by atoms with E-state index in [0.29, 0.717) is 6.42 Å². The molecular formula is C25H25NO5. The fourth-order valence-electron chi connectivity index (χ4n) is 3.25. The lowest BCUT2D eigenvalue weighted by Gasteiger charge is -2.17. The number of aliphatic carboxylic acids is 1. The number of phenolic OH excluding ortho intramolecular Hbond substituents is 1. The van der Waals surface area contributed by atoms with Gasteiger partial charge in [0.2, 0.25) is 0 Å². The van der Waals surface area contributed by atoms with Crippen molar-refractivity contribution in [3.05, 3.63) is 101 Å². The minimum Gasteiger partial charge on any atom is -0.508 e. The van der Waals surface area contributed by atoms with E-state index in [9.17, 15) is 19.8 Å². The lowest BCUT2D eigenvalue weighted by Crippen LogP contribution is -2.41. The van der Waals surface area contributed by atoms with Gasteiger partial charge >= 0.3 is 11.9 Å². The summed E-state index contributed by atoms with van der Waals surface area (Å²) >= 11 is 0. The molecule has 160 valence electrons. The van der Waals surface area contributed by atoms with Crippen molar-refractivity contribution in [3.63, 3.8) is 0 Å². The molecule has 0 bridgehead atoms. The Labute approximate surface area is 181 Å². The quantitative estimate of drug-likeness (QED) is 0.437. The minimum atomic E-state index is -1.06. The molecule has 0 spiro atoms. The van der Waals surface area contributed by atoms with Crippen LogP contribution in [-0.2, 0) is 33.8 Å². The second-order valence-electron chi connectivity index (χ2n) is 7.24. The van der Waals surface area contributed by atoms with Crippen molar-refractivity contribution in [3.8, 4) is 5.75 Å². The average Bonchev–Trinajstić information content (AvgIpc) is 2.77. The van der Waals surface area contributed by atoms with E-state index in [4.69, 9.17) is 4.74 Å². The lowest BCUT2D eigenvalue weighted by molar-refractivity contribution is -0.144. The van der Waals surface area contributed by atoms with Crippen LogP contribution in [0.3, 0.4) is 0 Å². The average molecular weight is 419 g/mol. The molecule has 0 aliphatic heterocycles. The van der Waals surface area contributed by atoms with Crippen LogP contribution in [0.1, 0.15) is 22.3 Å². The van der Waals surface area contributed by atoms with Gasteiger partial charge in [-0.3, -0.25) is 14.9 Å². The zero-order valence-electron chi connectivity index (χ0n) is 17.0. The molecule has 0 aliphatic carbocycles. The number of carbonyl (C=O) groups excluding carboxylic acids is 1. The predicted octanol–water partition coefficient (Wildman–Crippen LogP) is 3.31. The molecule has 0 amide bonds. The molecule has 0 heterocycles. The van der Waals surface area contributed by atoms with Crippen LogP contribution in [0.5, 0.6) is 5.75 Å². The monoisotopic (exact) mass is 419 g/mol. The Morgan fingerprint density at radius 2 is 1.52 bits per heavy atom. The summed E-state index contributed by atoms with van der Waals surface area (Å²) in [5.74, 6) is -1.46. The molecule has 0 saturated heterocycles. The topological polar surface area (TPSA) is 95.9 Å². The van der Waals surface area contributed by atoms with Crippen LogP contribution in [0.2, 0.25) is 0 Å². The Kier molecular flexibility index (Phi) is 7.79. The van der Waals surface area contributed by atoms with Gasteiger partial charge in [-0.15, -0.1) is 0 Å². The van der Waals surface area contributed by atoms with Crippen LogP contribution in [0.25, 0.3) is 0 Å². The first-order valence-corrected chi connectivity index (χ1v) is 10.0. The number of ether oxygens (including phenoxy) is 1. The van der Waals surface area contributed by atoms with Gasteiger partial charge in [0.25, 0.3) is 0 Å². The van der Waals surface area contributed by atoms with Crippen molar-refractivity contribution in [2.45, 2.75) is 25.5 Å². The molecule has 3 N–H and O–H groups in total. The van der Waals surface area contributed by atoms with E-state index < -0.39 is 18.0 Å².